The molecule has 0 radical (unpaired) electrons. The molecule has 1 saturated carbocycles. The van der Waals surface area contributed by atoms with E-state index in [1.54, 1.807) is 0 Å². The van der Waals surface area contributed by atoms with Crippen LogP contribution in [-0.4, -0.2) is 12.6 Å². The van der Waals surface area contributed by atoms with Crippen molar-refractivity contribution in [3.8, 4) is 5.75 Å². The zero-order valence-electron chi connectivity index (χ0n) is 13.0. The molecule has 1 unspecified atom stereocenters. The third-order valence-electron chi connectivity index (χ3n) is 4.19. The van der Waals surface area contributed by atoms with E-state index in [0.29, 0.717) is 12.1 Å². The molecule has 0 spiro atoms. The van der Waals surface area contributed by atoms with E-state index < -0.39 is 0 Å². The lowest BCUT2D eigenvalue weighted by Gasteiger charge is -2.26. The van der Waals surface area contributed by atoms with E-state index in [2.05, 4.69) is 43.4 Å². The second kappa shape index (κ2) is 8.31. The summed E-state index contributed by atoms with van der Waals surface area (Å²) in [7, 11) is 0. The summed E-state index contributed by atoms with van der Waals surface area (Å²) in [6.07, 6.45) is 9.13. The second-order valence-electron chi connectivity index (χ2n) is 5.83. The molecule has 1 atom stereocenters. The fourth-order valence-corrected chi connectivity index (χ4v) is 3.03. The van der Waals surface area contributed by atoms with E-state index in [1.165, 1.54) is 44.1 Å². The topological polar surface area (TPSA) is 21.3 Å². The van der Waals surface area contributed by atoms with Crippen molar-refractivity contribution < 1.29 is 4.74 Å². The van der Waals surface area contributed by atoms with Crippen LogP contribution in [0.2, 0.25) is 0 Å². The van der Waals surface area contributed by atoms with Crippen LogP contribution in [0.4, 0.5) is 0 Å². The Bertz CT molecular complexity index is 385. The molecule has 0 aromatic heterocycles. The molecule has 1 aliphatic carbocycles. The number of nitrogens with one attached hydrogen (secondary N) is 1. The maximum Gasteiger partial charge on any atom is 0.124 e. The van der Waals surface area contributed by atoms with Crippen molar-refractivity contribution in [2.75, 3.05) is 6.54 Å². The molecule has 2 rings (SSSR count). The summed E-state index contributed by atoms with van der Waals surface area (Å²) in [4.78, 5) is 0. The Morgan fingerprint density at radius 2 is 1.90 bits per heavy atom. The Hall–Kier alpha value is -1.02. The van der Waals surface area contributed by atoms with Gasteiger partial charge in [0.15, 0.2) is 0 Å². The van der Waals surface area contributed by atoms with Gasteiger partial charge in [0.2, 0.25) is 0 Å². The molecular formula is C18H29NO. The Morgan fingerprint density at radius 1 is 1.15 bits per heavy atom. The van der Waals surface area contributed by atoms with Crippen LogP contribution in [0.15, 0.2) is 24.3 Å². The zero-order chi connectivity index (χ0) is 14.2. The van der Waals surface area contributed by atoms with Gasteiger partial charge in [0.1, 0.15) is 5.75 Å². The van der Waals surface area contributed by atoms with Crippen LogP contribution in [-0.2, 0) is 0 Å². The van der Waals surface area contributed by atoms with E-state index in [-0.39, 0.29) is 0 Å². The smallest absolute Gasteiger partial charge is 0.124 e. The average Bonchev–Trinajstić information content (AvgIpc) is 2.50. The largest absolute Gasteiger partial charge is 0.490 e. The molecule has 112 valence electrons. The van der Waals surface area contributed by atoms with Gasteiger partial charge in [-0.15, -0.1) is 0 Å². The lowest BCUT2D eigenvalue weighted by Crippen LogP contribution is -2.24. The van der Waals surface area contributed by atoms with Crippen molar-refractivity contribution in [1.29, 1.82) is 0 Å². The van der Waals surface area contributed by atoms with Gasteiger partial charge >= 0.3 is 0 Å². The summed E-state index contributed by atoms with van der Waals surface area (Å²) < 4.78 is 6.31. The predicted octanol–water partition coefficient (Wildman–Crippen LogP) is 4.85. The maximum atomic E-state index is 6.31. The van der Waals surface area contributed by atoms with Crippen molar-refractivity contribution in [2.24, 2.45) is 0 Å². The summed E-state index contributed by atoms with van der Waals surface area (Å²) >= 11 is 0. The van der Waals surface area contributed by atoms with Gasteiger partial charge in [-0.05, 0) is 51.1 Å². The summed E-state index contributed by atoms with van der Waals surface area (Å²) in [6, 6.07) is 8.98. The molecule has 1 aliphatic rings. The lowest BCUT2D eigenvalue weighted by atomic mass is 9.97. The molecule has 20 heavy (non-hydrogen) atoms. The van der Waals surface area contributed by atoms with Crippen molar-refractivity contribution in [3.05, 3.63) is 29.8 Å². The van der Waals surface area contributed by atoms with Crippen molar-refractivity contribution in [1.82, 2.24) is 5.32 Å². The monoisotopic (exact) mass is 275 g/mol. The number of rotatable bonds is 7. The number of hydrogen-bond acceptors (Lipinski definition) is 2. The third kappa shape index (κ3) is 4.24. The third-order valence-corrected chi connectivity index (χ3v) is 4.19. The summed E-state index contributed by atoms with van der Waals surface area (Å²) in [6.45, 7) is 5.52. The summed E-state index contributed by atoms with van der Waals surface area (Å²) in [5.74, 6) is 1.09. The van der Waals surface area contributed by atoms with Gasteiger partial charge in [-0.1, -0.05) is 38.5 Å². The molecular weight excluding hydrogens is 246 g/mol. The van der Waals surface area contributed by atoms with Gasteiger partial charge in [-0.2, -0.15) is 0 Å². The van der Waals surface area contributed by atoms with Gasteiger partial charge in [0.05, 0.1) is 6.10 Å². The quantitative estimate of drug-likeness (QED) is 0.768. The fourth-order valence-electron chi connectivity index (χ4n) is 3.03. The van der Waals surface area contributed by atoms with Crippen LogP contribution in [0.3, 0.4) is 0 Å². The SMILES string of the molecule is CCCNC(CC)c1ccccc1OC1CCCCC1. The number of para-hydroxylation sites is 1. The minimum absolute atomic E-state index is 0.412. The number of ether oxygens (including phenoxy) is 1. The second-order valence-corrected chi connectivity index (χ2v) is 5.83. The highest BCUT2D eigenvalue weighted by molar-refractivity contribution is 5.36. The van der Waals surface area contributed by atoms with E-state index in [0.717, 1.165) is 18.7 Å². The van der Waals surface area contributed by atoms with E-state index in [1.807, 2.05) is 0 Å². The highest BCUT2D eigenvalue weighted by Crippen LogP contribution is 2.30. The van der Waals surface area contributed by atoms with Gasteiger partial charge in [0.25, 0.3) is 0 Å². The molecule has 1 fully saturated rings. The minimum Gasteiger partial charge on any atom is -0.490 e. The summed E-state index contributed by atoms with van der Waals surface area (Å²) in [5, 5.41) is 3.63. The molecule has 0 heterocycles. The van der Waals surface area contributed by atoms with Gasteiger partial charge in [-0.3, -0.25) is 0 Å². The normalized spacial score (nSPS) is 17.9. The average molecular weight is 275 g/mol. The Morgan fingerprint density at radius 3 is 2.60 bits per heavy atom. The highest BCUT2D eigenvalue weighted by Gasteiger charge is 2.19. The molecule has 0 amide bonds. The van der Waals surface area contributed by atoms with Crippen molar-refractivity contribution in [2.45, 2.75) is 70.9 Å². The molecule has 0 bridgehead atoms. The zero-order valence-corrected chi connectivity index (χ0v) is 13.0. The lowest BCUT2D eigenvalue weighted by molar-refractivity contribution is 0.152. The molecule has 1 N–H and O–H groups in total. The Balaban J connectivity index is 2.07. The first-order chi connectivity index (χ1) is 9.85. The van der Waals surface area contributed by atoms with E-state index >= 15 is 0 Å². The maximum absolute atomic E-state index is 6.31. The first-order valence-electron chi connectivity index (χ1n) is 8.34. The molecule has 0 aliphatic heterocycles. The van der Waals surface area contributed by atoms with Crippen LogP contribution >= 0.6 is 0 Å². The van der Waals surface area contributed by atoms with E-state index in [9.17, 15) is 0 Å². The number of hydrogen-bond donors (Lipinski definition) is 1. The minimum atomic E-state index is 0.412. The first-order valence-corrected chi connectivity index (χ1v) is 8.34. The molecule has 1 aromatic carbocycles. The van der Waals surface area contributed by atoms with Crippen LogP contribution in [0.25, 0.3) is 0 Å². The van der Waals surface area contributed by atoms with Gasteiger partial charge in [-0.25, -0.2) is 0 Å². The molecule has 2 heteroatoms. The molecule has 0 saturated heterocycles. The van der Waals surface area contributed by atoms with Crippen LogP contribution in [0, 0.1) is 0 Å². The molecule has 1 aromatic rings. The summed E-state index contributed by atoms with van der Waals surface area (Å²) in [5.41, 5.74) is 1.33. The fraction of sp³-hybridized carbons (Fsp3) is 0.667. The van der Waals surface area contributed by atoms with E-state index in [4.69, 9.17) is 4.74 Å². The van der Waals surface area contributed by atoms with Gasteiger partial charge < -0.3 is 10.1 Å². The van der Waals surface area contributed by atoms with Crippen molar-refractivity contribution in [3.63, 3.8) is 0 Å². The molecule has 2 nitrogen and oxygen atoms in total. The highest BCUT2D eigenvalue weighted by atomic mass is 16.5. The van der Waals surface area contributed by atoms with Crippen LogP contribution < -0.4 is 10.1 Å². The number of benzene rings is 1. The predicted molar refractivity (Wildman–Crippen MR) is 85.3 cm³/mol. The van der Waals surface area contributed by atoms with Gasteiger partial charge in [0, 0.05) is 11.6 Å². The Labute approximate surface area is 123 Å². The van der Waals surface area contributed by atoms with Crippen molar-refractivity contribution >= 4 is 0 Å². The Kier molecular flexibility index (Phi) is 6.38. The van der Waals surface area contributed by atoms with Crippen LogP contribution in [0.1, 0.15) is 70.4 Å². The first kappa shape index (κ1) is 15.4. The standard InChI is InChI=1S/C18H29NO/c1-3-14-19-17(4-2)16-12-8-9-13-18(16)20-15-10-6-5-7-11-15/h8-9,12-13,15,17,19H,3-7,10-11,14H2,1-2H3. The van der Waals surface area contributed by atoms with Crippen LogP contribution in [0.5, 0.6) is 5.75 Å².